The Morgan fingerprint density at radius 1 is 1.62 bits per heavy atom. The van der Waals surface area contributed by atoms with E-state index in [2.05, 4.69) is 29.1 Å². The van der Waals surface area contributed by atoms with Gasteiger partial charge in [-0.2, -0.15) is 11.3 Å². The van der Waals surface area contributed by atoms with Crippen molar-refractivity contribution < 1.29 is 4.74 Å². The minimum Gasteiger partial charge on any atom is -0.379 e. The molecule has 2 heterocycles. The fraction of sp³-hybridized carbons (Fsp3) is 0.600. The van der Waals surface area contributed by atoms with Crippen LogP contribution < -0.4 is 5.32 Å². The van der Waals surface area contributed by atoms with Crippen LogP contribution in [0.3, 0.4) is 0 Å². The number of thiophene rings is 1. The van der Waals surface area contributed by atoms with Gasteiger partial charge < -0.3 is 10.1 Å². The van der Waals surface area contributed by atoms with Crippen molar-refractivity contribution >= 4 is 11.3 Å². The lowest BCUT2D eigenvalue weighted by atomic mass is 10.1. The van der Waals surface area contributed by atoms with Gasteiger partial charge in [0.05, 0.1) is 13.2 Å². The van der Waals surface area contributed by atoms with Crippen molar-refractivity contribution in [3.63, 3.8) is 0 Å². The van der Waals surface area contributed by atoms with Crippen LogP contribution in [0, 0.1) is 5.92 Å². The zero-order valence-electron chi connectivity index (χ0n) is 7.82. The molecule has 0 saturated carbocycles. The van der Waals surface area contributed by atoms with Gasteiger partial charge in [-0.05, 0) is 28.3 Å². The van der Waals surface area contributed by atoms with Gasteiger partial charge in [0, 0.05) is 12.6 Å². The van der Waals surface area contributed by atoms with E-state index in [1.54, 1.807) is 11.3 Å². The average Bonchev–Trinajstić information content (AvgIpc) is 2.72. The van der Waals surface area contributed by atoms with Gasteiger partial charge in [0.2, 0.25) is 0 Å². The highest BCUT2D eigenvalue weighted by Crippen LogP contribution is 2.13. The van der Waals surface area contributed by atoms with E-state index in [0.717, 1.165) is 19.8 Å². The van der Waals surface area contributed by atoms with Crippen molar-refractivity contribution in [1.82, 2.24) is 5.32 Å². The van der Waals surface area contributed by atoms with Crippen molar-refractivity contribution in [2.24, 2.45) is 5.92 Å². The maximum absolute atomic E-state index is 5.38. The normalized spacial score (nSPS) is 28.1. The molecule has 2 atom stereocenters. The Kier molecular flexibility index (Phi) is 2.98. The molecule has 0 spiro atoms. The Bertz CT molecular complexity index is 247. The predicted octanol–water partition coefficient (Wildman–Crippen LogP) is 1.87. The molecule has 0 bridgehead atoms. The smallest absolute Gasteiger partial charge is 0.0623 e. The fourth-order valence-electron chi connectivity index (χ4n) is 1.56. The number of ether oxygens (including phenoxy) is 1. The Morgan fingerprint density at radius 2 is 2.54 bits per heavy atom. The van der Waals surface area contributed by atoms with Crippen molar-refractivity contribution in [2.45, 2.75) is 19.5 Å². The number of hydrogen-bond donors (Lipinski definition) is 1. The Labute approximate surface area is 82.9 Å². The van der Waals surface area contributed by atoms with Crippen LogP contribution in [0.15, 0.2) is 16.8 Å². The van der Waals surface area contributed by atoms with Crippen molar-refractivity contribution in [3.8, 4) is 0 Å². The first-order chi connectivity index (χ1) is 6.36. The third-order valence-corrected chi connectivity index (χ3v) is 3.25. The van der Waals surface area contributed by atoms with E-state index < -0.39 is 0 Å². The summed E-state index contributed by atoms with van der Waals surface area (Å²) in [7, 11) is 0. The molecular formula is C10H15NOS. The van der Waals surface area contributed by atoms with Gasteiger partial charge in [-0.25, -0.2) is 0 Å². The zero-order chi connectivity index (χ0) is 9.10. The van der Waals surface area contributed by atoms with Gasteiger partial charge in [0.25, 0.3) is 0 Å². The summed E-state index contributed by atoms with van der Waals surface area (Å²) >= 11 is 1.75. The maximum atomic E-state index is 5.38. The first kappa shape index (κ1) is 9.19. The van der Waals surface area contributed by atoms with Gasteiger partial charge in [0.15, 0.2) is 0 Å². The molecular weight excluding hydrogens is 182 g/mol. The summed E-state index contributed by atoms with van der Waals surface area (Å²) in [4.78, 5) is 0. The second kappa shape index (κ2) is 4.22. The minimum absolute atomic E-state index is 0.542. The van der Waals surface area contributed by atoms with Gasteiger partial charge in [-0.1, -0.05) is 6.92 Å². The molecule has 0 aromatic carbocycles. The number of hydrogen-bond acceptors (Lipinski definition) is 3. The molecule has 1 aromatic heterocycles. The van der Waals surface area contributed by atoms with Crippen LogP contribution in [0.4, 0.5) is 0 Å². The van der Waals surface area contributed by atoms with Crippen molar-refractivity contribution in [3.05, 3.63) is 22.4 Å². The molecule has 1 N–H and O–H groups in total. The largest absolute Gasteiger partial charge is 0.379 e. The van der Waals surface area contributed by atoms with E-state index in [-0.39, 0.29) is 0 Å². The summed E-state index contributed by atoms with van der Waals surface area (Å²) in [6.45, 7) is 4.98. The average molecular weight is 197 g/mol. The van der Waals surface area contributed by atoms with Crippen LogP contribution in [-0.2, 0) is 11.3 Å². The Morgan fingerprint density at radius 3 is 3.15 bits per heavy atom. The maximum Gasteiger partial charge on any atom is 0.0623 e. The summed E-state index contributed by atoms with van der Waals surface area (Å²) in [6, 6.07) is 2.71. The highest BCUT2D eigenvalue weighted by atomic mass is 32.1. The van der Waals surface area contributed by atoms with Crippen LogP contribution in [0.2, 0.25) is 0 Å². The van der Waals surface area contributed by atoms with Crippen LogP contribution in [0.1, 0.15) is 12.5 Å². The lowest BCUT2D eigenvalue weighted by molar-refractivity contribution is 0.184. The molecule has 72 valence electrons. The van der Waals surface area contributed by atoms with Crippen LogP contribution >= 0.6 is 11.3 Å². The lowest BCUT2D eigenvalue weighted by Crippen LogP contribution is -2.33. The molecule has 1 aliphatic rings. The SMILES string of the molecule is CC1COCC1NCc1ccsc1. The molecule has 0 amide bonds. The number of nitrogens with one attached hydrogen (secondary N) is 1. The molecule has 13 heavy (non-hydrogen) atoms. The second-order valence-electron chi connectivity index (χ2n) is 3.63. The molecule has 1 aliphatic heterocycles. The number of rotatable bonds is 3. The van der Waals surface area contributed by atoms with E-state index in [0.29, 0.717) is 12.0 Å². The standard InChI is InChI=1S/C10H15NOS/c1-8-5-12-6-10(8)11-4-9-2-3-13-7-9/h2-3,7-8,10-11H,4-6H2,1H3. The van der Waals surface area contributed by atoms with Gasteiger partial charge in [-0.3, -0.25) is 0 Å². The van der Waals surface area contributed by atoms with Gasteiger partial charge >= 0.3 is 0 Å². The Hall–Kier alpha value is -0.380. The summed E-state index contributed by atoms with van der Waals surface area (Å²) in [6.07, 6.45) is 0. The molecule has 3 heteroatoms. The fourth-order valence-corrected chi connectivity index (χ4v) is 2.23. The van der Waals surface area contributed by atoms with Gasteiger partial charge in [-0.15, -0.1) is 0 Å². The van der Waals surface area contributed by atoms with E-state index in [9.17, 15) is 0 Å². The van der Waals surface area contributed by atoms with Crippen LogP contribution in [0.25, 0.3) is 0 Å². The summed E-state index contributed by atoms with van der Waals surface area (Å²) in [5.74, 6) is 0.652. The summed E-state index contributed by atoms with van der Waals surface area (Å²) < 4.78 is 5.38. The van der Waals surface area contributed by atoms with E-state index >= 15 is 0 Å². The second-order valence-corrected chi connectivity index (χ2v) is 4.41. The molecule has 1 aromatic rings. The van der Waals surface area contributed by atoms with E-state index in [1.807, 2.05) is 0 Å². The van der Waals surface area contributed by atoms with Gasteiger partial charge in [0.1, 0.15) is 0 Å². The highest BCUT2D eigenvalue weighted by Gasteiger charge is 2.23. The Balaban J connectivity index is 1.79. The van der Waals surface area contributed by atoms with Crippen molar-refractivity contribution in [2.75, 3.05) is 13.2 Å². The highest BCUT2D eigenvalue weighted by molar-refractivity contribution is 7.07. The molecule has 1 saturated heterocycles. The quantitative estimate of drug-likeness (QED) is 0.798. The molecule has 0 aliphatic carbocycles. The first-order valence-corrected chi connectivity index (χ1v) is 5.63. The third kappa shape index (κ3) is 2.30. The molecule has 2 rings (SSSR count). The molecule has 0 radical (unpaired) electrons. The summed E-state index contributed by atoms with van der Waals surface area (Å²) in [5, 5.41) is 7.82. The third-order valence-electron chi connectivity index (χ3n) is 2.51. The monoisotopic (exact) mass is 197 g/mol. The van der Waals surface area contributed by atoms with E-state index in [4.69, 9.17) is 4.74 Å². The van der Waals surface area contributed by atoms with Crippen molar-refractivity contribution in [1.29, 1.82) is 0 Å². The molecule has 2 unspecified atom stereocenters. The first-order valence-electron chi connectivity index (χ1n) is 4.68. The minimum atomic E-state index is 0.542. The predicted molar refractivity (Wildman–Crippen MR) is 54.9 cm³/mol. The van der Waals surface area contributed by atoms with Crippen LogP contribution in [0.5, 0.6) is 0 Å². The zero-order valence-corrected chi connectivity index (χ0v) is 8.64. The molecule has 2 nitrogen and oxygen atoms in total. The lowest BCUT2D eigenvalue weighted by Gasteiger charge is -2.14. The van der Waals surface area contributed by atoms with E-state index in [1.165, 1.54) is 5.56 Å². The van der Waals surface area contributed by atoms with Crippen LogP contribution in [-0.4, -0.2) is 19.3 Å². The summed E-state index contributed by atoms with van der Waals surface area (Å²) in [5.41, 5.74) is 1.38. The topological polar surface area (TPSA) is 21.3 Å². The molecule has 1 fully saturated rings.